The largest absolute Gasteiger partial charge is 0.496 e. The van der Waals surface area contributed by atoms with Crippen LogP contribution in [0.5, 0.6) is 5.75 Å². The standard InChI is InChI=1S/C22H14BrClIN3O3S/c1-30-18-6-2-11(8-15(18)23)20(29)28-22(32)26-13-4-7-19-17(10-13)27-21(31-19)14-9-12(25)3-5-16(14)24/h2-10H,1H3,(H2,26,28,29,32). The number of methoxy groups -OCH3 is 1. The highest BCUT2D eigenvalue weighted by molar-refractivity contribution is 14.1. The zero-order valence-electron chi connectivity index (χ0n) is 16.4. The molecule has 0 saturated heterocycles. The maximum atomic E-state index is 12.5. The van der Waals surface area contributed by atoms with E-state index in [1.165, 1.54) is 0 Å². The van der Waals surface area contributed by atoms with Gasteiger partial charge in [-0.25, -0.2) is 4.98 Å². The van der Waals surface area contributed by atoms with Crippen LogP contribution in [0.3, 0.4) is 0 Å². The van der Waals surface area contributed by atoms with Gasteiger partial charge in [-0.1, -0.05) is 11.6 Å². The first-order valence-electron chi connectivity index (χ1n) is 9.16. The lowest BCUT2D eigenvalue weighted by atomic mass is 10.2. The Morgan fingerprint density at radius 3 is 2.75 bits per heavy atom. The van der Waals surface area contributed by atoms with E-state index in [1.807, 2.05) is 18.2 Å². The van der Waals surface area contributed by atoms with Crippen molar-refractivity contribution in [3.63, 3.8) is 0 Å². The van der Waals surface area contributed by atoms with E-state index < -0.39 is 0 Å². The summed E-state index contributed by atoms with van der Waals surface area (Å²) in [5, 5.41) is 6.37. The molecule has 2 N–H and O–H groups in total. The minimum absolute atomic E-state index is 0.158. The van der Waals surface area contributed by atoms with E-state index in [2.05, 4.69) is 54.1 Å². The van der Waals surface area contributed by atoms with Crippen molar-refractivity contribution in [1.82, 2.24) is 10.3 Å². The summed E-state index contributed by atoms with van der Waals surface area (Å²) < 4.78 is 12.7. The highest BCUT2D eigenvalue weighted by Gasteiger charge is 2.14. The van der Waals surface area contributed by atoms with Gasteiger partial charge in [0.2, 0.25) is 5.89 Å². The summed E-state index contributed by atoms with van der Waals surface area (Å²) in [4.78, 5) is 17.0. The summed E-state index contributed by atoms with van der Waals surface area (Å²) in [6.45, 7) is 0. The molecule has 0 spiro atoms. The normalized spacial score (nSPS) is 10.8. The highest BCUT2D eigenvalue weighted by Crippen LogP contribution is 2.32. The fraction of sp³-hybridized carbons (Fsp3) is 0.0455. The van der Waals surface area contributed by atoms with Crippen molar-refractivity contribution in [2.24, 2.45) is 0 Å². The number of carbonyl (C=O) groups is 1. The van der Waals surface area contributed by atoms with Crippen molar-refractivity contribution in [3.8, 4) is 17.2 Å². The van der Waals surface area contributed by atoms with Crippen molar-refractivity contribution in [2.45, 2.75) is 0 Å². The molecule has 32 heavy (non-hydrogen) atoms. The summed E-state index contributed by atoms with van der Waals surface area (Å²) in [5.74, 6) is 0.722. The third kappa shape index (κ3) is 5.06. The number of rotatable bonds is 4. The summed E-state index contributed by atoms with van der Waals surface area (Å²) in [7, 11) is 1.56. The van der Waals surface area contributed by atoms with Gasteiger partial charge in [0.1, 0.15) is 11.3 Å². The predicted molar refractivity (Wildman–Crippen MR) is 142 cm³/mol. The van der Waals surface area contributed by atoms with Gasteiger partial charge < -0.3 is 14.5 Å². The van der Waals surface area contributed by atoms with Crippen LogP contribution in [-0.4, -0.2) is 23.1 Å². The summed E-state index contributed by atoms with van der Waals surface area (Å²) >= 11 is 17.2. The second-order valence-corrected chi connectivity index (χ2v) is 9.50. The number of halogens is 3. The Bertz CT molecular complexity index is 1360. The Morgan fingerprint density at radius 1 is 1.19 bits per heavy atom. The van der Waals surface area contributed by atoms with E-state index in [1.54, 1.807) is 43.5 Å². The van der Waals surface area contributed by atoms with Crippen molar-refractivity contribution in [2.75, 3.05) is 12.4 Å². The number of anilines is 1. The Balaban J connectivity index is 1.49. The molecular formula is C22H14BrClIN3O3S. The van der Waals surface area contributed by atoms with E-state index in [-0.39, 0.29) is 11.0 Å². The number of thiocarbonyl (C=S) groups is 1. The average molecular weight is 643 g/mol. The lowest BCUT2D eigenvalue weighted by Gasteiger charge is -2.10. The molecule has 4 rings (SSSR count). The summed E-state index contributed by atoms with van der Waals surface area (Å²) in [6, 6.07) is 16.0. The number of nitrogens with one attached hydrogen (secondary N) is 2. The molecule has 10 heteroatoms. The Kier molecular flexibility index (Phi) is 6.99. The van der Waals surface area contributed by atoms with Gasteiger partial charge in [-0.2, -0.15) is 0 Å². The molecule has 1 amide bonds. The van der Waals surface area contributed by atoms with E-state index in [9.17, 15) is 4.79 Å². The third-order valence-corrected chi connectivity index (χ3v) is 6.27. The molecular weight excluding hydrogens is 629 g/mol. The number of oxazole rings is 1. The number of nitrogens with zero attached hydrogens (tertiary/aromatic N) is 1. The number of amides is 1. The molecule has 0 atom stereocenters. The molecule has 6 nitrogen and oxygen atoms in total. The van der Waals surface area contributed by atoms with Crippen molar-refractivity contribution in [1.29, 1.82) is 0 Å². The van der Waals surface area contributed by atoms with Gasteiger partial charge >= 0.3 is 0 Å². The maximum Gasteiger partial charge on any atom is 0.257 e. The first-order valence-corrected chi connectivity index (χ1v) is 11.8. The minimum atomic E-state index is -0.344. The molecule has 4 aromatic rings. The summed E-state index contributed by atoms with van der Waals surface area (Å²) in [5.41, 5.74) is 3.06. The van der Waals surface area contributed by atoms with Gasteiger partial charge in [0.05, 0.1) is 22.2 Å². The molecule has 0 saturated carbocycles. The number of hydrogen-bond acceptors (Lipinski definition) is 5. The molecule has 0 fully saturated rings. The number of benzene rings is 3. The van der Waals surface area contributed by atoms with Crippen LogP contribution in [0.4, 0.5) is 5.69 Å². The molecule has 1 aromatic heterocycles. The third-order valence-electron chi connectivity index (χ3n) is 4.45. The zero-order valence-corrected chi connectivity index (χ0v) is 21.7. The van der Waals surface area contributed by atoms with E-state index >= 15 is 0 Å². The molecule has 162 valence electrons. The zero-order chi connectivity index (χ0) is 22.8. The van der Waals surface area contributed by atoms with Gasteiger partial charge in [0, 0.05) is 14.8 Å². The number of hydrogen-bond donors (Lipinski definition) is 2. The van der Waals surface area contributed by atoms with Gasteiger partial charge in [-0.3, -0.25) is 10.1 Å². The van der Waals surface area contributed by atoms with E-state index in [0.29, 0.717) is 43.5 Å². The second-order valence-electron chi connectivity index (χ2n) is 6.58. The van der Waals surface area contributed by atoms with E-state index in [4.69, 9.17) is 33.0 Å². The Hall–Kier alpha value is -2.21. The number of carbonyl (C=O) groups excluding carboxylic acids is 1. The van der Waals surface area contributed by atoms with Crippen LogP contribution >= 0.6 is 62.3 Å². The number of aromatic nitrogens is 1. The molecule has 1 heterocycles. The van der Waals surface area contributed by atoms with Gasteiger partial charge in [0.15, 0.2) is 10.7 Å². The van der Waals surface area contributed by atoms with Gasteiger partial charge in [0.25, 0.3) is 5.91 Å². The topological polar surface area (TPSA) is 76.4 Å². The average Bonchev–Trinajstić information content (AvgIpc) is 3.18. The number of fused-ring (bicyclic) bond motifs is 1. The van der Waals surface area contributed by atoms with Crippen LogP contribution in [0.2, 0.25) is 5.02 Å². The quantitative estimate of drug-likeness (QED) is 0.192. The first kappa shape index (κ1) is 23.0. The summed E-state index contributed by atoms with van der Waals surface area (Å²) in [6.07, 6.45) is 0. The first-order chi connectivity index (χ1) is 15.3. The molecule has 3 aromatic carbocycles. The molecule has 0 aliphatic heterocycles. The molecule has 0 aliphatic carbocycles. The number of ether oxygens (including phenoxy) is 1. The highest BCUT2D eigenvalue weighted by atomic mass is 127. The van der Waals surface area contributed by atoms with Crippen molar-refractivity contribution >= 4 is 90.1 Å². The van der Waals surface area contributed by atoms with Gasteiger partial charge in [-0.15, -0.1) is 0 Å². The van der Waals surface area contributed by atoms with Crippen molar-refractivity contribution in [3.05, 3.63) is 73.2 Å². The minimum Gasteiger partial charge on any atom is -0.496 e. The van der Waals surface area contributed by atoms with Crippen LogP contribution in [-0.2, 0) is 0 Å². The Morgan fingerprint density at radius 2 is 2.00 bits per heavy atom. The fourth-order valence-corrected chi connectivity index (χ4v) is 4.37. The molecule has 0 unspecified atom stereocenters. The second kappa shape index (κ2) is 9.74. The lowest BCUT2D eigenvalue weighted by Crippen LogP contribution is -2.34. The van der Waals surface area contributed by atoms with Crippen LogP contribution in [0, 0.1) is 3.57 Å². The van der Waals surface area contributed by atoms with Crippen LogP contribution in [0.1, 0.15) is 10.4 Å². The monoisotopic (exact) mass is 641 g/mol. The maximum absolute atomic E-state index is 12.5. The van der Waals surface area contributed by atoms with Crippen LogP contribution < -0.4 is 15.4 Å². The SMILES string of the molecule is COc1ccc(C(=O)NC(=S)Nc2ccc3oc(-c4cc(I)ccc4Cl)nc3c2)cc1Br. The fourth-order valence-electron chi connectivity index (χ4n) is 2.93. The Labute approximate surface area is 216 Å². The molecule has 0 radical (unpaired) electrons. The predicted octanol–water partition coefficient (Wildman–Crippen LogP) is 6.65. The van der Waals surface area contributed by atoms with E-state index in [0.717, 1.165) is 9.13 Å². The smallest absolute Gasteiger partial charge is 0.257 e. The van der Waals surface area contributed by atoms with Crippen LogP contribution in [0.25, 0.3) is 22.6 Å². The molecule has 0 bridgehead atoms. The van der Waals surface area contributed by atoms with Crippen molar-refractivity contribution < 1.29 is 13.9 Å². The molecule has 0 aliphatic rings. The van der Waals surface area contributed by atoms with Gasteiger partial charge in [-0.05, 0) is 105 Å². The lowest BCUT2D eigenvalue weighted by molar-refractivity contribution is 0.0977. The van der Waals surface area contributed by atoms with Crippen LogP contribution in [0.15, 0.2) is 63.5 Å².